The van der Waals surface area contributed by atoms with Gasteiger partial charge in [-0.2, -0.15) is 0 Å². The van der Waals surface area contributed by atoms with Crippen LogP contribution < -0.4 is 4.90 Å². The van der Waals surface area contributed by atoms with Gasteiger partial charge in [0.2, 0.25) is 0 Å². The zero-order valence-electron chi connectivity index (χ0n) is 19.0. The summed E-state index contributed by atoms with van der Waals surface area (Å²) >= 11 is 8.04. The van der Waals surface area contributed by atoms with Crippen molar-refractivity contribution in [3.63, 3.8) is 0 Å². The van der Waals surface area contributed by atoms with Crippen LogP contribution in [0, 0.1) is 6.92 Å². The molecule has 0 radical (unpaired) electrons. The maximum absolute atomic E-state index is 6.27. The molecule has 0 atom stereocenters. The highest BCUT2D eigenvalue weighted by Crippen LogP contribution is 2.42. The van der Waals surface area contributed by atoms with Gasteiger partial charge in [-0.3, -0.25) is 0 Å². The van der Waals surface area contributed by atoms with Crippen molar-refractivity contribution in [1.82, 2.24) is 0 Å². The van der Waals surface area contributed by atoms with Crippen LogP contribution in [0.15, 0.2) is 108 Å². The van der Waals surface area contributed by atoms with Crippen LogP contribution in [-0.4, -0.2) is 0 Å². The standard InChI is InChI=1S/C31H20ClNOS/c1-19-6-9-21(10-7-19)33(23-11-14-25-24-4-2-3-5-28(24)34-29(25)18-23)22-12-15-30-27(17-22)26-13-8-20(32)16-31(26)35-30/h2-18H,1H3. The Morgan fingerprint density at radius 3 is 2.20 bits per heavy atom. The van der Waals surface area contributed by atoms with Gasteiger partial charge in [0.25, 0.3) is 0 Å². The molecule has 7 aromatic rings. The normalized spacial score (nSPS) is 11.7. The van der Waals surface area contributed by atoms with Crippen LogP contribution in [0.4, 0.5) is 17.1 Å². The number of furan rings is 1. The van der Waals surface area contributed by atoms with Gasteiger partial charge in [0.1, 0.15) is 11.2 Å². The Kier molecular flexibility index (Phi) is 4.63. The zero-order valence-corrected chi connectivity index (χ0v) is 20.5. The Labute approximate surface area is 211 Å². The van der Waals surface area contributed by atoms with Crippen LogP contribution in [0.5, 0.6) is 0 Å². The Balaban J connectivity index is 1.45. The summed E-state index contributed by atoms with van der Waals surface area (Å²) in [5.41, 5.74) is 6.29. The maximum atomic E-state index is 6.27. The van der Waals surface area contributed by atoms with Crippen LogP contribution in [0.1, 0.15) is 5.56 Å². The fourth-order valence-corrected chi connectivity index (χ4v) is 6.24. The number of rotatable bonds is 3. The van der Waals surface area contributed by atoms with Crippen LogP contribution in [0.2, 0.25) is 5.02 Å². The average molecular weight is 490 g/mol. The second-order valence-electron chi connectivity index (χ2n) is 8.87. The Morgan fingerprint density at radius 1 is 0.600 bits per heavy atom. The fraction of sp³-hybridized carbons (Fsp3) is 0.0323. The molecule has 2 nitrogen and oxygen atoms in total. The van der Waals surface area contributed by atoms with E-state index >= 15 is 0 Å². The van der Waals surface area contributed by atoms with Gasteiger partial charge >= 0.3 is 0 Å². The minimum atomic E-state index is 0.768. The van der Waals surface area contributed by atoms with Crippen molar-refractivity contribution < 1.29 is 4.42 Å². The molecule has 168 valence electrons. The summed E-state index contributed by atoms with van der Waals surface area (Å²) in [6.45, 7) is 2.11. The molecule has 35 heavy (non-hydrogen) atoms. The summed E-state index contributed by atoms with van der Waals surface area (Å²) in [7, 11) is 0. The lowest BCUT2D eigenvalue weighted by molar-refractivity contribution is 0.669. The van der Waals surface area contributed by atoms with E-state index in [2.05, 4.69) is 96.8 Å². The van der Waals surface area contributed by atoms with Gasteiger partial charge in [-0.15, -0.1) is 11.3 Å². The SMILES string of the molecule is Cc1ccc(N(c2ccc3c(c2)oc2ccccc23)c2ccc3sc4cc(Cl)ccc4c3c2)cc1. The number of halogens is 1. The van der Waals surface area contributed by atoms with E-state index in [1.165, 1.54) is 25.7 Å². The third-order valence-electron chi connectivity index (χ3n) is 6.59. The molecule has 0 fully saturated rings. The summed E-state index contributed by atoms with van der Waals surface area (Å²) in [6.07, 6.45) is 0. The smallest absolute Gasteiger partial charge is 0.137 e. The van der Waals surface area contributed by atoms with E-state index < -0.39 is 0 Å². The third kappa shape index (κ3) is 3.39. The minimum absolute atomic E-state index is 0.768. The molecule has 0 saturated carbocycles. The number of nitrogens with zero attached hydrogens (tertiary/aromatic N) is 1. The number of benzene rings is 5. The zero-order chi connectivity index (χ0) is 23.5. The van der Waals surface area contributed by atoms with Crippen LogP contribution in [0.3, 0.4) is 0 Å². The van der Waals surface area contributed by atoms with Crippen molar-refractivity contribution in [1.29, 1.82) is 0 Å². The highest BCUT2D eigenvalue weighted by atomic mass is 35.5. The van der Waals surface area contributed by atoms with Gasteiger partial charge in [0.15, 0.2) is 0 Å². The molecule has 0 bridgehead atoms. The highest BCUT2D eigenvalue weighted by Gasteiger charge is 2.17. The lowest BCUT2D eigenvalue weighted by atomic mass is 10.1. The molecule has 0 spiro atoms. The van der Waals surface area contributed by atoms with E-state index in [-0.39, 0.29) is 0 Å². The monoisotopic (exact) mass is 489 g/mol. The first-order valence-electron chi connectivity index (χ1n) is 11.5. The minimum Gasteiger partial charge on any atom is -0.456 e. The molecule has 2 heterocycles. The van der Waals surface area contributed by atoms with Crippen LogP contribution in [-0.2, 0) is 0 Å². The molecule has 0 aliphatic rings. The van der Waals surface area contributed by atoms with Crippen LogP contribution in [0.25, 0.3) is 42.1 Å². The third-order valence-corrected chi connectivity index (χ3v) is 7.96. The van der Waals surface area contributed by atoms with E-state index in [0.29, 0.717) is 0 Å². The Hall–Kier alpha value is -3.79. The molecule has 0 saturated heterocycles. The van der Waals surface area contributed by atoms with Crippen molar-refractivity contribution in [2.45, 2.75) is 6.92 Å². The van der Waals surface area contributed by atoms with Gasteiger partial charge in [0.05, 0.1) is 0 Å². The van der Waals surface area contributed by atoms with Gasteiger partial charge in [-0.1, -0.05) is 53.6 Å². The van der Waals surface area contributed by atoms with Gasteiger partial charge in [-0.25, -0.2) is 0 Å². The predicted molar refractivity (Wildman–Crippen MR) is 151 cm³/mol. The molecule has 5 aromatic carbocycles. The average Bonchev–Trinajstić information content (AvgIpc) is 3.42. The fourth-order valence-electron chi connectivity index (χ4n) is 4.87. The van der Waals surface area contributed by atoms with Crippen molar-refractivity contribution in [2.75, 3.05) is 4.90 Å². The summed E-state index contributed by atoms with van der Waals surface area (Å²) in [6, 6.07) is 36.2. The number of fused-ring (bicyclic) bond motifs is 6. The highest BCUT2D eigenvalue weighted by molar-refractivity contribution is 7.25. The summed E-state index contributed by atoms with van der Waals surface area (Å²) in [5, 5.41) is 5.50. The molecule has 4 heteroatoms. The van der Waals surface area contributed by atoms with E-state index in [1.807, 2.05) is 18.2 Å². The van der Waals surface area contributed by atoms with Crippen LogP contribution >= 0.6 is 22.9 Å². The second-order valence-corrected chi connectivity index (χ2v) is 10.4. The molecular formula is C31H20ClNOS. The van der Waals surface area contributed by atoms with Crippen molar-refractivity contribution in [3.8, 4) is 0 Å². The number of thiophene rings is 1. The number of aryl methyl sites for hydroxylation is 1. The lowest BCUT2D eigenvalue weighted by Gasteiger charge is -2.25. The first-order chi connectivity index (χ1) is 17.1. The van der Waals surface area contributed by atoms with Crippen molar-refractivity contribution in [3.05, 3.63) is 114 Å². The molecule has 0 unspecified atom stereocenters. The molecule has 0 N–H and O–H groups in total. The van der Waals surface area contributed by atoms with E-state index in [9.17, 15) is 0 Å². The molecule has 0 aliphatic heterocycles. The molecule has 0 aliphatic carbocycles. The molecule has 2 aromatic heterocycles. The lowest BCUT2D eigenvalue weighted by Crippen LogP contribution is -2.09. The summed E-state index contributed by atoms with van der Waals surface area (Å²) < 4.78 is 8.68. The van der Waals surface area contributed by atoms with Crippen molar-refractivity contribution in [2.24, 2.45) is 0 Å². The van der Waals surface area contributed by atoms with Gasteiger partial charge in [-0.05, 0) is 67.6 Å². The van der Waals surface area contributed by atoms with E-state index in [4.69, 9.17) is 16.0 Å². The van der Waals surface area contributed by atoms with Gasteiger partial charge < -0.3 is 9.32 Å². The molecular weight excluding hydrogens is 470 g/mol. The number of hydrogen-bond donors (Lipinski definition) is 0. The maximum Gasteiger partial charge on any atom is 0.137 e. The molecule has 0 amide bonds. The largest absolute Gasteiger partial charge is 0.456 e. The Morgan fingerprint density at radius 2 is 1.31 bits per heavy atom. The summed E-state index contributed by atoms with van der Waals surface area (Å²) in [4.78, 5) is 2.30. The van der Waals surface area contributed by atoms with Crippen molar-refractivity contribution >= 4 is 82.1 Å². The second kappa shape index (κ2) is 7.88. The quantitative estimate of drug-likeness (QED) is 0.245. The predicted octanol–water partition coefficient (Wildman–Crippen LogP) is 10.4. The number of para-hydroxylation sites is 1. The van der Waals surface area contributed by atoms with Gasteiger partial charge in [0, 0.05) is 59.1 Å². The van der Waals surface area contributed by atoms with E-state index in [1.54, 1.807) is 11.3 Å². The topological polar surface area (TPSA) is 16.4 Å². The molecule has 7 rings (SSSR count). The summed E-state index contributed by atoms with van der Waals surface area (Å²) in [5.74, 6) is 0. The number of hydrogen-bond acceptors (Lipinski definition) is 3. The first-order valence-corrected chi connectivity index (χ1v) is 12.7. The first kappa shape index (κ1) is 20.6. The number of anilines is 3. The Bertz CT molecular complexity index is 1880. The van der Waals surface area contributed by atoms with E-state index in [0.717, 1.165) is 44.0 Å².